The fourth-order valence-electron chi connectivity index (χ4n) is 2.61. The Morgan fingerprint density at radius 1 is 1.03 bits per heavy atom. The standard InChI is InChI=1S/C22H15BrF3NO4/c23-18-11-9-17(30-18)10-12-19(28)31-20(14-5-2-1-3-6-14)21(29)27-16-8-4-7-15(13-16)22(24,25)26/h1-13,20H,(H,27,29)/b12-10+. The van der Waals surface area contributed by atoms with Crippen LogP contribution in [-0.2, 0) is 20.5 Å². The molecule has 0 bridgehead atoms. The predicted molar refractivity (Wildman–Crippen MR) is 111 cm³/mol. The van der Waals surface area contributed by atoms with Crippen molar-refractivity contribution in [2.45, 2.75) is 12.3 Å². The van der Waals surface area contributed by atoms with Gasteiger partial charge >= 0.3 is 12.1 Å². The molecule has 0 radical (unpaired) electrons. The van der Waals surface area contributed by atoms with Crippen LogP contribution in [0.4, 0.5) is 18.9 Å². The lowest BCUT2D eigenvalue weighted by atomic mass is 10.1. The third-order valence-corrected chi connectivity index (χ3v) is 4.44. The molecule has 1 heterocycles. The smallest absolute Gasteiger partial charge is 0.416 e. The second kappa shape index (κ2) is 9.65. The van der Waals surface area contributed by atoms with Crippen LogP contribution in [0.25, 0.3) is 6.08 Å². The zero-order valence-corrected chi connectivity index (χ0v) is 17.3. The van der Waals surface area contributed by atoms with Crippen LogP contribution in [0.2, 0.25) is 0 Å². The molecule has 3 aromatic rings. The second-order valence-electron chi connectivity index (χ2n) is 6.27. The van der Waals surface area contributed by atoms with Gasteiger partial charge in [0.1, 0.15) is 5.76 Å². The number of carbonyl (C=O) groups is 2. The fourth-order valence-corrected chi connectivity index (χ4v) is 2.92. The molecule has 0 saturated carbocycles. The number of benzene rings is 2. The molecular formula is C22H15BrF3NO4. The van der Waals surface area contributed by atoms with Crippen LogP contribution in [0.3, 0.4) is 0 Å². The first kappa shape index (κ1) is 22.4. The highest BCUT2D eigenvalue weighted by Gasteiger charge is 2.31. The van der Waals surface area contributed by atoms with Crippen molar-refractivity contribution in [1.29, 1.82) is 0 Å². The Hall–Kier alpha value is -3.33. The van der Waals surface area contributed by atoms with Crippen LogP contribution in [0.5, 0.6) is 0 Å². The molecule has 0 fully saturated rings. The first-order chi connectivity index (χ1) is 14.7. The molecule has 5 nitrogen and oxygen atoms in total. The Kier molecular flexibility index (Phi) is 6.96. The van der Waals surface area contributed by atoms with Crippen molar-refractivity contribution in [2.75, 3.05) is 5.32 Å². The predicted octanol–water partition coefficient (Wildman–Crippen LogP) is 6.00. The number of rotatable bonds is 6. The fraction of sp³-hybridized carbons (Fsp3) is 0.0909. The number of esters is 1. The van der Waals surface area contributed by atoms with E-state index < -0.39 is 29.7 Å². The lowest BCUT2D eigenvalue weighted by Gasteiger charge is -2.18. The maximum Gasteiger partial charge on any atom is 0.416 e. The summed E-state index contributed by atoms with van der Waals surface area (Å²) in [5.74, 6) is -1.25. The maximum atomic E-state index is 12.9. The van der Waals surface area contributed by atoms with E-state index in [0.29, 0.717) is 16.0 Å². The van der Waals surface area contributed by atoms with Crippen molar-refractivity contribution in [1.82, 2.24) is 0 Å². The van der Waals surface area contributed by atoms with E-state index in [0.717, 1.165) is 18.2 Å². The number of nitrogens with one attached hydrogen (secondary N) is 1. The highest BCUT2D eigenvalue weighted by Crippen LogP contribution is 2.31. The summed E-state index contributed by atoms with van der Waals surface area (Å²) in [7, 11) is 0. The van der Waals surface area contributed by atoms with Gasteiger partial charge in [0.05, 0.1) is 5.56 Å². The Bertz CT molecular complexity index is 1090. The van der Waals surface area contributed by atoms with E-state index in [1.807, 2.05) is 0 Å². The SMILES string of the molecule is O=C(/C=C/c1ccc(Br)o1)OC(C(=O)Nc1cccc(C(F)(F)F)c1)c1ccccc1. The molecular weight excluding hydrogens is 479 g/mol. The van der Waals surface area contributed by atoms with E-state index >= 15 is 0 Å². The van der Waals surface area contributed by atoms with Crippen molar-refractivity contribution in [3.63, 3.8) is 0 Å². The highest BCUT2D eigenvalue weighted by molar-refractivity contribution is 9.10. The minimum Gasteiger partial charge on any atom is -0.450 e. The normalized spacial score (nSPS) is 12.5. The number of furan rings is 1. The number of ether oxygens (including phenoxy) is 1. The molecule has 1 amide bonds. The summed E-state index contributed by atoms with van der Waals surface area (Å²) >= 11 is 3.14. The van der Waals surface area contributed by atoms with Gasteiger partial charge in [0.15, 0.2) is 4.67 Å². The van der Waals surface area contributed by atoms with Crippen LogP contribution in [0, 0.1) is 0 Å². The van der Waals surface area contributed by atoms with Gasteiger partial charge in [-0.2, -0.15) is 13.2 Å². The van der Waals surface area contributed by atoms with Crippen molar-refractivity contribution in [3.05, 3.63) is 94.4 Å². The van der Waals surface area contributed by atoms with Gasteiger partial charge in [0, 0.05) is 17.3 Å². The van der Waals surface area contributed by atoms with E-state index in [1.165, 1.54) is 18.2 Å². The summed E-state index contributed by atoms with van der Waals surface area (Å²) in [6, 6.07) is 15.6. The molecule has 31 heavy (non-hydrogen) atoms. The molecule has 1 N–H and O–H groups in total. The van der Waals surface area contributed by atoms with Crippen LogP contribution >= 0.6 is 15.9 Å². The molecule has 1 aromatic heterocycles. The first-order valence-corrected chi connectivity index (χ1v) is 9.69. The molecule has 1 unspecified atom stereocenters. The number of carbonyl (C=O) groups excluding carboxylic acids is 2. The number of halogens is 4. The van der Waals surface area contributed by atoms with E-state index in [2.05, 4.69) is 21.2 Å². The number of anilines is 1. The van der Waals surface area contributed by atoms with Gasteiger partial charge in [-0.05, 0) is 52.3 Å². The molecule has 0 saturated heterocycles. The summed E-state index contributed by atoms with van der Waals surface area (Å²) in [6.45, 7) is 0. The second-order valence-corrected chi connectivity index (χ2v) is 7.05. The Labute approximate surface area is 183 Å². The zero-order chi connectivity index (χ0) is 22.4. The highest BCUT2D eigenvalue weighted by atomic mass is 79.9. The quantitative estimate of drug-likeness (QED) is 0.337. The molecule has 0 aliphatic heterocycles. The van der Waals surface area contributed by atoms with E-state index in [9.17, 15) is 22.8 Å². The van der Waals surface area contributed by atoms with Gasteiger partial charge < -0.3 is 14.5 Å². The zero-order valence-electron chi connectivity index (χ0n) is 15.7. The average molecular weight is 494 g/mol. The van der Waals surface area contributed by atoms with Gasteiger partial charge in [0.2, 0.25) is 6.10 Å². The molecule has 2 aromatic carbocycles. The van der Waals surface area contributed by atoms with Crippen molar-refractivity contribution in [3.8, 4) is 0 Å². The Morgan fingerprint density at radius 3 is 2.42 bits per heavy atom. The van der Waals surface area contributed by atoms with Gasteiger partial charge in [0.25, 0.3) is 5.91 Å². The minimum atomic E-state index is -4.56. The molecule has 160 valence electrons. The van der Waals surface area contributed by atoms with Gasteiger partial charge in [-0.1, -0.05) is 36.4 Å². The molecule has 0 aliphatic carbocycles. The molecule has 0 aliphatic rings. The molecule has 1 atom stereocenters. The minimum absolute atomic E-state index is 0.0761. The summed E-state index contributed by atoms with van der Waals surface area (Å²) in [4.78, 5) is 25.0. The Balaban J connectivity index is 1.78. The first-order valence-electron chi connectivity index (χ1n) is 8.89. The third kappa shape index (κ3) is 6.32. The summed E-state index contributed by atoms with van der Waals surface area (Å²) in [6.07, 6.45) is -3.49. The lowest BCUT2D eigenvalue weighted by Crippen LogP contribution is -2.25. The maximum absolute atomic E-state index is 12.9. The average Bonchev–Trinajstić information content (AvgIpc) is 3.16. The monoisotopic (exact) mass is 493 g/mol. The van der Waals surface area contributed by atoms with E-state index in [-0.39, 0.29) is 5.69 Å². The molecule has 9 heteroatoms. The number of hydrogen-bond donors (Lipinski definition) is 1. The van der Waals surface area contributed by atoms with Crippen LogP contribution in [0.1, 0.15) is 23.0 Å². The number of amides is 1. The molecule has 0 spiro atoms. The Morgan fingerprint density at radius 2 is 1.77 bits per heavy atom. The van der Waals surface area contributed by atoms with Gasteiger partial charge in [-0.15, -0.1) is 0 Å². The number of hydrogen-bond acceptors (Lipinski definition) is 4. The van der Waals surface area contributed by atoms with Crippen LogP contribution < -0.4 is 5.32 Å². The third-order valence-electron chi connectivity index (χ3n) is 4.01. The van der Waals surface area contributed by atoms with Crippen molar-refractivity contribution in [2.24, 2.45) is 0 Å². The summed E-state index contributed by atoms with van der Waals surface area (Å²) in [5, 5.41) is 2.37. The van der Waals surface area contributed by atoms with E-state index in [4.69, 9.17) is 9.15 Å². The lowest BCUT2D eigenvalue weighted by molar-refractivity contribution is -0.149. The van der Waals surface area contributed by atoms with Gasteiger partial charge in [-0.3, -0.25) is 4.79 Å². The molecule has 3 rings (SSSR count). The van der Waals surface area contributed by atoms with Crippen LogP contribution in [-0.4, -0.2) is 11.9 Å². The topological polar surface area (TPSA) is 68.5 Å². The van der Waals surface area contributed by atoms with E-state index in [1.54, 1.807) is 42.5 Å². The largest absolute Gasteiger partial charge is 0.450 e. The number of alkyl halides is 3. The summed E-state index contributed by atoms with van der Waals surface area (Å²) < 4.78 is 49.8. The summed E-state index contributed by atoms with van der Waals surface area (Å²) in [5.41, 5.74) is -0.631. The van der Waals surface area contributed by atoms with Crippen molar-refractivity contribution < 1.29 is 31.9 Å². The van der Waals surface area contributed by atoms with Crippen LogP contribution in [0.15, 0.2) is 81.9 Å². The van der Waals surface area contributed by atoms with Crippen molar-refractivity contribution >= 4 is 39.6 Å². The van der Waals surface area contributed by atoms with Gasteiger partial charge in [-0.25, -0.2) is 4.79 Å².